The average molecular weight is 452 g/mol. The molecule has 0 bridgehead atoms. The van der Waals surface area contributed by atoms with Crippen molar-refractivity contribution >= 4 is 0 Å². The molecule has 0 amide bonds. The second kappa shape index (κ2) is 26.0. The molecule has 31 heavy (non-hydrogen) atoms. The Balaban J connectivity index is 0. The van der Waals surface area contributed by atoms with E-state index in [0.29, 0.717) is 0 Å². The minimum absolute atomic E-state index is 0.726. The molecule has 7 heteroatoms. The van der Waals surface area contributed by atoms with Gasteiger partial charge in [-0.25, -0.2) is 0 Å². The van der Waals surface area contributed by atoms with Crippen molar-refractivity contribution in [2.24, 2.45) is 5.73 Å². The van der Waals surface area contributed by atoms with Crippen molar-refractivity contribution in [3.05, 3.63) is 0 Å². The van der Waals surface area contributed by atoms with Crippen molar-refractivity contribution in [3.63, 3.8) is 0 Å². The van der Waals surface area contributed by atoms with Crippen LogP contribution in [0.15, 0.2) is 0 Å². The van der Waals surface area contributed by atoms with Gasteiger partial charge in [-0.1, -0.05) is 103 Å². The number of aliphatic hydroxyl groups excluding tert-OH is 6. The summed E-state index contributed by atoms with van der Waals surface area (Å²) < 4.78 is 0. The molecule has 0 aromatic rings. The Morgan fingerprint density at radius 1 is 0.484 bits per heavy atom. The largest absolute Gasteiger partial charge is 0.394 e. The van der Waals surface area contributed by atoms with Crippen LogP contribution in [0, 0.1) is 0 Å². The summed E-state index contributed by atoms with van der Waals surface area (Å²) in [5.41, 5.74) is 5.48. The highest BCUT2D eigenvalue weighted by atomic mass is 16.4. The maximum absolute atomic E-state index is 8.96. The zero-order chi connectivity index (χ0) is 23.7. The van der Waals surface area contributed by atoms with E-state index in [4.69, 9.17) is 36.4 Å². The normalized spacial score (nSPS) is 15.1. The zero-order valence-corrected chi connectivity index (χ0v) is 20.0. The fraction of sp³-hybridized carbons (Fsp3) is 1.00. The van der Waals surface area contributed by atoms with Crippen LogP contribution in [0.5, 0.6) is 0 Å². The van der Waals surface area contributed by atoms with E-state index >= 15 is 0 Å². The molecule has 0 aromatic heterocycles. The molecule has 190 valence electrons. The summed E-state index contributed by atoms with van der Waals surface area (Å²) in [5.74, 6) is 0. The number of rotatable bonds is 21. The number of unbranched alkanes of at least 4 members (excludes halogenated alkanes) is 15. The Morgan fingerprint density at radius 3 is 0.968 bits per heavy atom. The highest BCUT2D eigenvalue weighted by Crippen LogP contribution is 2.13. The minimum atomic E-state index is -1.67. The third-order valence-electron chi connectivity index (χ3n) is 5.57. The topological polar surface area (TPSA) is 147 Å². The lowest BCUT2D eigenvalue weighted by Gasteiger charge is -2.24. The molecule has 0 heterocycles. The van der Waals surface area contributed by atoms with Crippen molar-refractivity contribution in [2.45, 2.75) is 134 Å². The van der Waals surface area contributed by atoms with Gasteiger partial charge in [0, 0.05) is 0 Å². The molecule has 7 nitrogen and oxygen atoms in total. The number of aliphatic hydroxyl groups is 6. The maximum atomic E-state index is 8.96. The summed E-state index contributed by atoms with van der Waals surface area (Å²) >= 11 is 0. The fourth-order valence-electron chi connectivity index (χ4n) is 3.36. The second-order valence-electron chi connectivity index (χ2n) is 8.57. The fourth-order valence-corrected chi connectivity index (χ4v) is 3.36. The van der Waals surface area contributed by atoms with Crippen LogP contribution in [0.1, 0.15) is 110 Å². The molecule has 0 rings (SSSR count). The van der Waals surface area contributed by atoms with E-state index in [0.717, 1.165) is 6.54 Å². The van der Waals surface area contributed by atoms with E-state index in [-0.39, 0.29) is 0 Å². The van der Waals surface area contributed by atoms with E-state index in [2.05, 4.69) is 6.92 Å². The summed E-state index contributed by atoms with van der Waals surface area (Å²) in [6.07, 6.45) is 16.5. The van der Waals surface area contributed by atoms with Crippen LogP contribution in [-0.4, -0.2) is 74.8 Å². The zero-order valence-electron chi connectivity index (χ0n) is 20.0. The molecule has 0 fully saturated rings. The Bertz CT molecular complexity index is 305. The van der Waals surface area contributed by atoms with Crippen LogP contribution >= 0.6 is 0 Å². The molecule has 0 saturated heterocycles. The van der Waals surface area contributed by atoms with Crippen molar-refractivity contribution in [2.75, 3.05) is 19.8 Å². The van der Waals surface area contributed by atoms with Gasteiger partial charge < -0.3 is 36.4 Å². The lowest BCUT2D eigenvalue weighted by atomic mass is 10.0. The summed E-state index contributed by atoms with van der Waals surface area (Å²) in [4.78, 5) is 0. The molecule has 0 aliphatic rings. The molecule has 0 radical (unpaired) electrons. The van der Waals surface area contributed by atoms with Crippen molar-refractivity contribution in [1.82, 2.24) is 0 Å². The van der Waals surface area contributed by atoms with Gasteiger partial charge in [0.25, 0.3) is 0 Å². The first kappa shape index (κ1) is 32.9. The smallest absolute Gasteiger partial charge is 0.111 e. The van der Waals surface area contributed by atoms with Crippen molar-refractivity contribution in [3.8, 4) is 0 Å². The average Bonchev–Trinajstić information content (AvgIpc) is 2.79. The molecule has 4 atom stereocenters. The highest BCUT2D eigenvalue weighted by molar-refractivity contribution is 4.79. The standard InChI is InChI=1S/C18H39N.C6H14O6/c1-2-3-4-5-6-7-8-9-10-11-12-13-14-15-16-17-18-19;7-1-3(9)5(11)6(12)4(10)2-8/h2-19H2,1H3;3-12H,1-2H2. The maximum Gasteiger partial charge on any atom is 0.111 e. The van der Waals surface area contributed by atoms with Crippen molar-refractivity contribution < 1.29 is 30.6 Å². The Kier molecular flexibility index (Phi) is 27.6. The van der Waals surface area contributed by atoms with Crippen LogP contribution < -0.4 is 5.73 Å². The third-order valence-corrected chi connectivity index (χ3v) is 5.57. The predicted octanol–water partition coefficient (Wildman–Crippen LogP) is 2.62. The van der Waals surface area contributed by atoms with Gasteiger partial charge in [0.05, 0.1) is 13.2 Å². The van der Waals surface area contributed by atoms with Gasteiger partial charge in [-0.3, -0.25) is 0 Å². The monoisotopic (exact) mass is 451 g/mol. The van der Waals surface area contributed by atoms with Crippen LogP contribution in [-0.2, 0) is 0 Å². The quantitative estimate of drug-likeness (QED) is 0.133. The van der Waals surface area contributed by atoms with Crippen LogP contribution in [0.3, 0.4) is 0 Å². The summed E-state index contributed by atoms with van der Waals surface area (Å²) in [6.45, 7) is 1.71. The highest BCUT2D eigenvalue weighted by Gasteiger charge is 2.29. The van der Waals surface area contributed by atoms with Gasteiger partial charge in [-0.15, -0.1) is 0 Å². The Labute approximate surface area is 190 Å². The third kappa shape index (κ3) is 22.7. The Hall–Kier alpha value is -0.280. The van der Waals surface area contributed by atoms with Gasteiger partial charge in [-0.2, -0.15) is 0 Å². The summed E-state index contributed by atoms with van der Waals surface area (Å²) in [7, 11) is 0. The van der Waals surface area contributed by atoms with Crippen LogP contribution in [0.4, 0.5) is 0 Å². The summed E-state index contributed by atoms with van der Waals surface area (Å²) in [5, 5.41) is 52.2. The second-order valence-corrected chi connectivity index (χ2v) is 8.57. The lowest BCUT2D eigenvalue weighted by molar-refractivity contribution is -0.123. The minimum Gasteiger partial charge on any atom is -0.394 e. The van der Waals surface area contributed by atoms with Crippen molar-refractivity contribution in [1.29, 1.82) is 0 Å². The van der Waals surface area contributed by atoms with Gasteiger partial charge in [0.15, 0.2) is 0 Å². The first-order valence-corrected chi connectivity index (χ1v) is 12.6. The van der Waals surface area contributed by atoms with E-state index in [1.807, 2.05) is 0 Å². The molecular formula is C24H53NO6. The number of hydrogen-bond acceptors (Lipinski definition) is 7. The Morgan fingerprint density at radius 2 is 0.742 bits per heavy atom. The molecule has 0 spiro atoms. The van der Waals surface area contributed by atoms with Crippen LogP contribution in [0.25, 0.3) is 0 Å². The number of hydrogen-bond donors (Lipinski definition) is 7. The van der Waals surface area contributed by atoms with E-state index in [9.17, 15) is 0 Å². The SMILES string of the molecule is CCCCCCCCCCCCCCCCCCN.OCC(O)C(O)C(O)C(O)CO. The first-order valence-electron chi connectivity index (χ1n) is 12.6. The predicted molar refractivity (Wildman–Crippen MR) is 127 cm³/mol. The molecule has 0 aromatic carbocycles. The van der Waals surface area contributed by atoms with E-state index in [1.165, 1.54) is 103 Å². The van der Waals surface area contributed by atoms with Gasteiger partial charge in [-0.05, 0) is 13.0 Å². The molecule has 4 unspecified atom stereocenters. The van der Waals surface area contributed by atoms with Gasteiger partial charge >= 0.3 is 0 Å². The van der Waals surface area contributed by atoms with E-state index < -0.39 is 37.6 Å². The van der Waals surface area contributed by atoms with Gasteiger partial charge in [0.1, 0.15) is 24.4 Å². The van der Waals surface area contributed by atoms with E-state index in [1.54, 1.807) is 0 Å². The molecule has 0 saturated carbocycles. The lowest BCUT2D eigenvalue weighted by Crippen LogP contribution is -2.46. The number of nitrogens with two attached hydrogens (primary N) is 1. The molecule has 0 aliphatic heterocycles. The molecular weight excluding hydrogens is 398 g/mol. The van der Waals surface area contributed by atoms with Gasteiger partial charge in [0.2, 0.25) is 0 Å². The van der Waals surface area contributed by atoms with Crippen LogP contribution in [0.2, 0.25) is 0 Å². The summed E-state index contributed by atoms with van der Waals surface area (Å²) in [6, 6.07) is 0. The first-order chi connectivity index (χ1) is 15.0. The molecule has 8 N–H and O–H groups in total. The molecule has 0 aliphatic carbocycles.